The minimum absolute atomic E-state index is 0.0274. The molecule has 0 amide bonds. The molecule has 0 saturated carbocycles. The third-order valence-electron chi connectivity index (χ3n) is 3.44. The number of aromatic nitrogens is 3. The molecular formula is C15H12N4OS. The first-order chi connectivity index (χ1) is 10.1. The maximum absolute atomic E-state index is 12.7. The Bertz CT molecular complexity index is 919. The normalized spacial score (nSPS) is 10.7. The Morgan fingerprint density at radius 1 is 1.43 bits per heavy atom. The van der Waals surface area contributed by atoms with Crippen LogP contribution in [0.1, 0.15) is 10.4 Å². The maximum atomic E-state index is 12.7. The van der Waals surface area contributed by atoms with Gasteiger partial charge < -0.3 is 0 Å². The molecular weight excluding hydrogens is 284 g/mol. The van der Waals surface area contributed by atoms with Crippen molar-refractivity contribution in [1.29, 1.82) is 5.26 Å². The van der Waals surface area contributed by atoms with E-state index in [1.165, 1.54) is 15.9 Å². The van der Waals surface area contributed by atoms with Gasteiger partial charge in [-0.15, -0.1) is 11.3 Å². The van der Waals surface area contributed by atoms with E-state index in [-0.39, 0.29) is 12.1 Å². The van der Waals surface area contributed by atoms with Gasteiger partial charge in [-0.3, -0.25) is 14.3 Å². The molecule has 5 nitrogen and oxygen atoms in total. The third-order valence-corrected chi connectivity index (χ3v) is 4.54. The van der Waals surface area contributed by atoms with Crippen molar-refractivity contribution in [2.75, 3.05) is 0 Å². The van der Waals surface area contributed by atoms with Gasteiger partial charge in [-0.2, -0.15) is 5.26 Å². The van der Waals surface area contributed by atoms with Crippen molar-refractivity contribution in [3.8, 4) is 17.5 Å². The average molecular weight is 296 g/mol. The summed E-state index contributed by atoms with van der Waals surface area (Å²) in [6.07, 6.45) is 3.31. The number of hydrogen-bond donors (Lipinski definition) is 0. The van der Waals surface area contributed by atoms with Crippen LogP contribution in [0.2, 0.25) is 0 Å². The summed E-state index contributed by atoms with van der Waals surface area (Å²) in [4.78, 5) is 23.1. The lowest BCUT2D eigenvalue weighted by Gasteiger charge is -2.09. The number of fused-ring (bicyclic) bond motifs is 1. The molecule has 21 heavy (non-hydrogen) atoms. The van der Waals surface area contributed by atoms with Crippen LogP contribution >= 0.6 is 11.3 Å². The van der Waals surface area contributed by atoms with E-state index < -0.39 is 0 Å². The lowest BCUT2D eigenvalue weighted by Crippen LogP contribution is -2.23. The molecule has 0 radical (unpaired) electrons. The predicted octanol–water partition coefficient (Wildman–Crippen LogP) is 2.66. The lowest BCUT2D eigenvalue weighted by atomic mass is 10.2. The standard InChI is InChI=1S/C15H12N4OS/c1-9-10(2)21-14-12(9)15(20)19(7-5-16)13(18-14)11-4-3-6-17-8-11/h3-4,6,8H,7H2,1-2H3. The summed E-state index contributed by atoms with van der Waals surface area (Å²) in [6.45, 7) is 3.86. The van der Waals surface area contributed by atoms with Gasteiger partial charge in [-0.05, 0) is 31.5 Å². The second kappa shape index (κ2) is 5.11. The molecule has 0 aliphatic heterocycles. The van der Waals surface area contributed by atoms with E-state index in [1.54, 1.807) is 18.5 Å². The maximum Gasteiger partial charge on any atom is 0.263 e. The van der Waals surface area contributed by atoms with E-state index in [0.29, 0.717) is 16.0 Å². The van der Waals surface area contributed by atoms with Crippen LogP contribution in [0, 0.1) is 25.2 Å². The van der Waals surface area contributed by atoms with Gasteiger partial charge in [0.15, 0.2) is 0 Å². The number of hydrogen-bond acceptors (Lipinski definition) is 5. The molecule has 0 aromatic carbocycles. The highest BCUT2D eigenvalue weighted by Gasteiger charge is 2.17. The van der Waals surface area contributed by atoms with Gasteiger partial charge in [0.2, 0.25) is 0 Å². The summed E-state index contributed by atoms with van der Waals surface area (Å²) < 4.78 is 1.42. The van der Waals surface area contributed by atoms with Crippen LogP contribution in [0.25, 0.3) is 21.6 Å². The lowest BCUT2D eigenvalue weighted by molar-refractivity contribution is 0.787. The number of thiophene rings is 1. The molecule has 0 atom stereocenters. The van der Waals surface area contributed by atoms with Crippen LogP contribution in [0.3, 0.4) is 0 Å². The Hall–Kier alpha value is -2.52. The molecule has 0 aliphatic rings. The number of aryl methyl sites for hydroxylation is 2. The van der Waals surface area contributed by atoms with Crippen molar-refractivity contribution in [1.82, 2.24) is 14.5 Å². The fourth-order valence-corrected chi connectivity index (χ4v) is 3.28. The topological polar surface area (TPSA) is 71.6 Å². The summed E-state index contributed by atoms with van der Waals surface area (Å²) in [7, 11) is 0. The van der Waals surface area contributed by atoms with Gasteiger partial charge in [0, 0.05) is 22.8 Å². The average Bonchev–Trinajstić information content (AvgIpc) is 2.78. The molecule has 0 N–H and O–H groups in total. The minimum Gasteiger partial charge on any atom is -0.278 e. The predicted molar refractivity (Wildman–Crippen MR) is 82.2 cm³/mol. The van der Waals surface area contributed by atoms with Crippen LogP contribution < -0.4 is 5.56 Å². The van der Waals surface area contributed by atoms with Crippen molar-refractivity contribution >= 4 is 21.6 Å². The van der Waals surface area contributed by atoms with Crippen LogP contribution in [0.4, 0.5) is 0 Å². The van der Waals surface area contributed by atoms with Gasteiger partial charge in [-0.25, -0.2) is 4.98 Å². The smallest absolute Gasteiger partial charge is 0.263 e. The summed E-state index contributed by atoms with van der Waals surface area (Å²) in [6, 6.07) is 5.65. The van der Waals surface area contributed by atoms with E-state index >= 15 is 0 Å². The Balaban J connectivity index is 2.42. The zero-order chi connectivity index (χ0) is 15.0. The van der Waals surface area contributed by atoms with Crippen molar-refractivity contribution in [2.45, 2.75) is 20.4 Å². The molecule has 6 heteroatoms. The van der Waals surface area contributed by atoms with Crippen LogP contribution in [-0.2, 0) is 6.54 Å². The Kier molecular flexibility index (Phi) is 3.28. The Labute approximate surface area is 125 Å². The monoisotopic (exact) mass is 296 g/mol. The fourth-order valence-electron chi connectivity index (χ4n) is 2.26. The number of pyridine rings is 1. The highest BCUT2D eigenvalue weighted by atomic mass is 32.1. The summed E-state index contributed by atoms with van der Waals surface area (Å²) >= 11 is 1.50. The molecule has 0 unspecified atom stereocenters. The van der Waals surface area contributed by atoms with Gasteiger partial charge in [0.25, 0.3) is 5.56 Å². The molecule has 0 aliphatic carbocycles. The molecule has 0 bridgehead atoms. The van der Waals surface area contributed by atoms with Crippen LogP contribution in [-0.4, -0.2) is 14.5 Å². The van der Waals surface area contributed by atoms with Crippen molar-refractivity contribution in [3.05, 3.63) is 45.3 Å². The molecule has 0 fully saturated rings. The van der Waals surface area contributed by atoms with E-state index in [1.807, 2.05) is 26.0 Å². The first-order valence-electron chi connectivity index (χ1n) is 6.41. The number of nitriles is 1. The second-order valence-electron chi connectivity index (χ2n) is 4.69. The Morgan fingerprint density at radius 3 is 2.90 bits per heavy atom. The van der Waals surface area contributed by atoms with E-state index in [0.717, 1.165) is 16.0 Å². The quantitative estimate of drug-likeness (QED) is 0.729. The fraction of sp³-hybridized carbons (Fsp3) is 0.200. The number of nitrogens with zero attached hydrogens (tertiary/aromatic N) is 4. The van der Waals surface area contributed by atoms with Crippen molar-refractivity contribution in [3.63, 3.8) is 0 Å². The summed E-state index contributed by atoms with van der Waals surface area (Å²) in [5.41, 5.74) is 1.51. The van der Waals surface area contributed by atoms with Gasteiger partial charge in [0.1, 0.15) is 17.2 Å². The molecule has 104 valence electrons. The highest BCUT2D eigenvalue weighted by molar-refractivity contribution is 7.18. The van der Waals surface area contributed by atoms with E-state index in [2.05, 4.69) is 9.97 Å². The molecule has 3 rings (SSSR count). The summed E-state index contributed by atoms with van der Waals surface area (Å²) in [5.74, 6) is 0.489. The van der Waals surface area contributed by atoms with Gasteiger partial charge in [0.05, 0.1) is 11.5 Å². The molecule has 3 aromatic heterocycles. The van der Waals surface area contributed by atoms with E-state index in [9.17, 15) is 4.79 Å². The zero-order valence-electron chi connectivity index (χ0n) is 11.6. The first-order valence-corrected chi connectivity index (χ1v) is 7.23. The zero-order valence-corrected chi connectivity index (χ0v) is 12.4. The largest absolute Gasteiger partial charge is 0.278 e. The van der Waals surface area contributed by atoms with Crippen LogP contribution in [0.5, 0.6) is 0 Å². The molecule has 3 heterocycles. The molecule has 0 spiro atoms. The van der Waals surface area contributed by atoms with Crippen molar-refractivity contribution in [2.24, 2.45) is 0 Å². The SMILES string of the molecule is Cc1sc2nc(-c3cccnc3)n(CC#N)c(=O)c2c1C. The molecule has 3 aromatic rings. The minimum atomic E-state index is -0.165. The first kappa shape index (κ1) is 13.5. The Morgan fingerprint density at radius 2 is 2.24 bits per heavy atom. The second-order valence-corrected chi connectivity index (χ2v) is 5.89. The third kappa shape index (κ3) is 2.12. The molecule has 0 saturated heterocycles. The van der Waals surface area contributed by atoms with Crippen molar-refractivity contribution < 1.29 is 0 Å². The number of rotatable bonds is 2. The van der Waals surface area contributed by atoms with E-state index in [4.69, 9.17) is 5.26 Å². The highest BCUT2D eigenvalue weighted by Crippen LogP contribution is 2.28. The van der Waals surface area contributed by atoms with Crippen LogP contribution in [0.15, 0.2) is 29.3 Å². The van der Waals surface area contributed by atoms with Gasteiger partial charge in [-0.1, -0.05) is 0 Å². The summed E-state index contributed by atoms with van der Waals surface area (Å²) in [5, 5.41) is 9.62. The van der Waals surface area contributed by atoms with Gasteiger partial charge >= 0.3 is 0 Å².